The normalized spacial score (nSPS) is 19.0. The van der Waals surface area contributed by atoms with Crippen LogP contribution in [-0.2, 0) is 14.9 Å². The minimum atomic E-state index is -0.673. The zero-order chi connectivity index (χ0) is 16.2. The number of hydrogen-bond donors (Lipinski definition) is 2. The van der Waals surface area contributed by atoms with Gasteiger partial charge < -0.3 is 15.2 Å². The van der Waals surface area contributed by atoms with Crippen molar-refractivity contribution >= 4 is 17.5 Å². The van der Waals surface area contributed by atoms with Crippen molar-refractivity contribution in [3.63, 3.8) is 0 Å². The average Bonchev–Trinajstić information content (AvgIpc) is 2.53. The van der Waals surface area contributed by atoms with E-state index in [9.17, 15) is 9.90 Å². The third-order valence-corrected chi connectivity index (χ3v) is 4.74. The third-order valence-electron chi connectivity index (χ3n) is 4.41. The summed E-state index contributed by atoms with van der Waals surface area (Å²) in [6, 6.07) is 7.48. The quantitative estimate of drug-likeness (QED) is 0.874. The van der Waals surface area contributed by atoms with Crippen molar-refractivity contribution in [2.75, 3.05) is 19.8 Å². The molecule has 1 amide bonds. The number of rotatable bonds is 5. The van der Waals surface area contributed by atoms with E-state index in [1.165, 1.54) is 0 Å². The number of amides is 1. The summed E-state index contributed by atoms with van der Waals surface area (Å²) >= 11 is 6.33. The van der Waals surface area contributed by atoms with Crippen LogP contribution in [-0.4, -0.2) is 36.9 Å². The molecule has 1 aliphatic heterocycles. The van der Waals surface area contributed by atoms with Crippen LogP contribution in [0.4, 0.5) is 0 Å². The third kappa shape index (κ3) is 3.62. The molecular formula is C17H24ClNO3. The molecule has 0 aliphatic carbocycles. The first-order chi connectivity index (χ1) is 10.5. The van der Waals surface area contributed by atoms with Gasteiger partial charge in [-0.25, -0.2) is 0 Å². The Bertz CT molecular complexity index is 512. The van der Waals surface area contributed by atoms with Crippen LogP contribution in [0.2, 0.25) is 5.02 Å². The molecule has 5 heteroatoms. The van der Waals surface area contributed by atoms with E-state index in [2.05, 4.69) is 5.32 Å². The van der Waals surface area contributed by atoms with E-state index in [0.29, 0.717) is 31.1 Å². The van der Waals surface area contributed by atoms with Crippen molar-refractivity contribution in [2.45, 2.75) is 38.2 Å². The second kappa shape index (κ2) is 7.44. The SMILES string of the molecule is CC(C)C(O)CNC(=O)C1(c2ccccc2Cl)CCOCC1. The maximum Gasteiger partial charge on any atom is 0.230 e. The van der Waals surface area contributed by atoms with Gasteiger partial charge in [0.05, 0.1) is 11.5 Å². The number of ether oxygens (including phenoxy) is 1. The highest BCUT2D eigenvalue weighted by Gasteiger charge is 2.42. The summed E-state index contributed by atoms with van der Waals surface area (Å²) in [5.74, 6) is 0.0230. The molecule has 1 fully saturated rings. The molecule has 0 bridgehead atoms. The van der Waals surface area contributed by atoms with Crippen LogP contribution in [0, 0.1) is 5.92 Å². The summed E-state index contributed by atoms with van der Waals surface area (Å²) in [4.78, 5) is 12.9. The topological polar surface area (TPSA) is 58.6 Å². The molecule has 0 aromatic heterocycles. The molecule has 2 N–H and O–H groups in total. The second-order valence-corrected chi connectivity index (χ2v) is 6.60. The Hall–Kier alpha value is -1.10. The molecule has 1 aromatic carbocycles. The molecule has 4 nitrogen and oxygen atoms in total. The molecule has 1 saturated heterocycles. The molecule has 2 rings (SSSR count). The molecule has 1 aliphatic rings. The van der Waals surface area contributed by atoms with Gasteiger partial charge in [0.25, 0.3) is 0 Å². The van der Waals surface area contributed by atoms with Crippen molar-refractivity contribution in [3.8, 4) is 0 Å². The van der Waals surface area contributed by atoms with E-state index in [1.54, 1.807) is 0 Å². The Morgan fingerprint density at radius 1 is 1.36 bits per heavy atom. The summed E-state index contributed by atoms with van der Waals surface area (Å²) in [5, 5.41) is 13.4. The first kappa shape index (κ1) is 17.3. The smallest absolute Gasteiger partial charge is 0.230 e. The Morgan fingerprint density at radius 2 is 2.00 bits per heavy atom. The Kier molecular flexibility index (Phi) is 5.84. The minimum absolute atomic E-state index is 0.0800. The molecular weight excluding hydrogens is 302 g/mol. The van der Waals surface area contributed by atoms with Gasteiger partial charge in [0, 0.05) is 24.8 Å². The second-order valence-electron chi connectivity index (χ2n) is 6.20. The summed E-state index contributed by atoms with van der Waals surface area (Å²) in [6.07, 6.45) is 0.646. The van der Waals surface area contributed by atoms with Gasteiger partial charge in [0.1, 0.15) is 0 Å². The van der Waals surface area contributed by atoms with Crippen LogP contribution < -0.4 is 5.32 Å². The molecule has 1 heterocycles. The van der Waals surface area contributed by atoms with E-state index in [-0.39, 0.29) is 18.4 Å². The van der Waals surface area contributed by atoms with Crippen molar-refractivity contribution in [2.24, 2.45) is 5.92 Å². The van der Waals surface area contributed by atoms with Gasteiger partial charge in [0.2, 0.25) is 5.91 Å². The van der Waals surface area contributed by atoms with Crippen molar-refractivity contribution in [1.29, 1.82) is 0 Å². The van der Waals surface area contributed by atoms with Crippen molar-refractivity contribution in [1.82, 2.24) is 5.32 Å². The van der Waals surface area contributed by atoms with E-state index in [4.69, 9.17) is 16.3 Å². The summed E-state index contributed by atoms with van der Waals surface area (Å²) in [7, 11) is 0. The van der Waals surface area contributed by atoms with Crippen molar-refractivity contribution in [3.05, 3.63) is 34.9 Å². The highest BCUT2D eigenvalue weighted by atomic mass is 35.5. The van der Waals surface area contributed by atoms with Crippen LogP contribution >= 0.6 is 11.6 Å². The number of carbonyl (C=O) groups excluding carboxylic acids is 1. The van der Waals surface area contributed by atoms with Gasteiger partial charge in [0.15, 0.2) is 0 Å². The number of nitrogens with one attached hydrogen (secondary N) is 1. The molecule has 1 unspecified atom stereocenters. The lowest BCUT2D eigenvalue weighted by molar-refractivity contribution is -0.131. The van der Waals surface area contributed by atoms with Crippen LogP contribution in [0.3, 0.4) is 0 Å². The standard InChI is InChI=1S/C17H24ClNO3/c1-12(2)15(20)11-19-16(21)17(7-9-22-10-8-17)13-5-3-4-6-14(13)18/h3-6,12,15,20H,7-11H2,1-2H3,(H,19,21). The maximum atomic E-state index is 12.9. The fourth-order valence-corrected chi connectivity index (χ4v) is 3.11. The van der Waals surface area contributed by atoms with Gasteiger partial charge in [-0.05, 0) is 30.4 Å². The van der Waals surface area contributed by atoms with Crippen LogP contribution in [0.25, 0.3) is 0 Å². The maximum absolute atomic E-state index is 12.9. The van der Waals surface area contributed by atoms with Crippen molar-refractivity contribution < 1.29 is 14.6 Å². The lowest BCUT2D eigenvalue weighted by Crippen LogP contribution is -2.50. The number of benzene rings is 1. The monoisotopic (exact) mass is 325 g/mol. The number of hydrogen-bond acceptors (Lipinski definition) is 3. The Labute approximate surface area is 136 Å². The van der Waals surface area contributed by atoms with Gasteiger partial charge >= 0.3 is 0 Å². The average molecular weight is 326 g/mol. The predicted molar refractivity (Wildman–Crippen MR) is 87.0 cm³/mol. The predicted octanol–water partition coefficient (Wildman–Crippen LogP) is 2.52. The van der Waals surface area contributed by atoms with E-state index < -0.39 is 11.5 Å². The molecule has 0 saturated carbocycles. The molecule has 0 radical (unpaired) electrons. The summed E-state index contributed by atoms with van der Waals surface area (Å²) in [6.45, 7) is 5.17. The number of aliphatic hydroxyl groups is 1. The lowest BCUT2D eigenvalue weighted by Gasteiger charge is -2.37. The zero-order valence-electron chi connectivity index (χ0n) is 13.1. The van der Waals surface area contributed by atoms with E-state index in [1.807, 2.05) is 38.1 Å². The molecule has 22 heavy (non-hydrogen) atoms. The zero-order valence-corrected chi connectivity index (χ0v) is 13.9. The number of carbonyl (C=O) groups is 1. The first-order valence-electron chi connectivity index (χ1n) is 7.76. The summed E-state index contributed by atoms with van der Waals surface area (Å²) < 4.78 is 5.43. The summed E-state index contributed by atoms with van der Waals surface area (Å²) in [5.41, 5.74) is 0.171. The lowest BCUT2D eigenvalue weighted by atomic mass is 9.73. The van der Waals surface area contributed by atoms with Gasteiger partial charge in [-0.3, -0.25) is 4.79 Å². The van der Waals surface area contributed by atoms with Gasteiger partial charge in [-0.15, -0.1) is 0 Å². The molecule has 1 aromatic rings. The Morgan fingerprint density at radius 3 is 2.59 bits per heavy atom. The molecule has 122 valence electrons. The first-order valence-corrected chi connectivity index (χ1v) is 8.14. The minimum Gasteiger partial charge on any atom is -0.391 e. The number of halogens is 1. The highest BCUT2D eigenvalue weighted by molar-refractivity contribution is 6.31. The fraction of sp³-hybridized carbons (Fsp3) is 0.588. The molecule has 0 spiro atoms. The largest absolute Gasteiger partial charge is 0.391 e. The Balaban J connectivity index is 2.22. The molecule has 1 atom stereocenters. The van der Waals surface area contributed by atoms with Gasteiger partial charge in [-0.2, -0.15) is 0 Å². The van der Waals surface area contributed by atoms with Crippen LogP contribution in [0.5, 0.6) is 0 Å². The number of aliphatic hydroxyl groups excluding tert-OH is 1. The van der Waals surface area contributed by atoms with Crippen LogP contribution in [0.15, 0.2) is 24.3 Å². The van der Waals surface area contributed by atoms with E-state index >= 15 is 0 Å². The van der Waals surface area contributed by atoms with E-state index in [0.717, 1.165) is 5.56 Å². The van der Waals surface area contributed by atoms with Crippen LogP contribution in [0.1, 0.15) is 32.3 Å². The highest BCUT2D eigenvalue weighted by Crippen LogP contribution is 2.38. The fourth-order valence-electron chi connectivity index (χ4n) is 2.79. The van der Waals surface area contributed by atoms with Gasteiger partial charge in [-0.1, -0.05) is 43.6 Å².